The Morgan fingerprint density at radius 3 is 2.41 bits per heavy atom. The quantitative estimate of drug-likeness (QED) is 0.501. The van der Waals surface area contributed by atoms with Crippen LogP contribution >= 0.6 is 11.6 Å². The second-order valence-corrected chi connectivity index (χ2v) is 8.65. The molecule has 2 unspecified atom stereocenters. The highest BCUT2D eigenvalue weighted by atomic mass is 35.5. The van der Waals surface area contributed by atoms with Gasteiger partial charge in [0.05, 0.1) is 0 Å². The maximum atomic E-state index is 6.35. The summed E-state index contributed by atoms with van der Waals surface area (Å²) in [6, 6.07) is 0.486. The monoisotopic (exact) mass is 326 g/mol. The molecule has 2 N–H and O–H groups in total. The highest BCUT2D eigenvalue weighted by Gasteiger charge is 2.39. The standard InChI is InChI=1S/C19H35ClN2/c1-15(17(21-6)19(5)12-9-13-19)10-7-8-11-16(20)14-22-18(2,3)4/h7-8,10,16-17,21-22H,9,11-14H2,1-6H3/b8-7-,15-10+. The van der Waals surface area contributed by atoms with E-state index >= 15 is 0 Å². The molecule has 2 atom stereocenters. The average molecular weight is 327 g/mol. The third-order valence-corrected chi connectivity index (χ3v) is 5.01. The molecule has 0 bridgehead atoms. The molecule has 1 fully saturated rings. The number of allylic oxidation sites excluding steroid dienone is 3. The van der Waals surface area contributed by atoms with E-state index in [9.17, 15) is 0 Å². The fourth-order valence-corrected chi connectivity index (χ4v) is 3.37. The fraction of sp³-hybridized carbons (Fsp3) is 0.789. The van der Waals surface area contributed by atoms with Crippen molar-refractivity contribution in [3.05, 3.63) is 23.8 Å². The number of nitrogens with one attached hydrogen (secondary N) is 2. The van der Waals surface area contributed by atoms with E-state index in [-0.39, 0.29) is 10.9 Å². The molecule has 0 saturated heterocycles. The van der Waals surface area contributed by atoms with Crippen LogP contribution in [0.25, 0.3) is 0 Å². The first-order valence-electron chi connectivity index (χ1n) is 8.57. The van der Waals surface area contributed by atoms with Gasteiger partial charge in [0.15, 0.2) is 0 Å². The second kappa shape index (κ2) is 8.52. The van der Waals surface area contributed by atoms with E-state index in [0.717, 1.165) is 13.0 Å². The molecule has 128 valence electrons. The summed E-state index contributed by atoms with van der Waals surface area (Å²) in [5.74, 6) is 0. The Bertz CT molecular complexity index is 389. The van der Waals surface area contributed by atoms with Crippen molar-refractivity contribution in [2.24, 2.45) is 5.41 Å². The molecule has 0 amide bonds. The van der Waals surface area contributed by atoms with Gasteiger partial charge >= 0.3 is 0 Å². The number of likely N-dealkylation sites (N-methyl/N-ethyl adjacent to an activating group) is 1. The van der Waals surface area contributed by atoms with Crippen LogP contribution in [0.15, 0.2) is 23.8 Å². The maximum absolute atomic E-state index is 6.35. The highest BCUT2D eigenvalue weighted by molar-refractivity contribution is 6.20. The molecule has 2 nitrogen and oxygen atoms in total. The lowest BCUT2D eigenvalue weighted by atomic mass is 9.64. The summed E-state index contributed by atoms with van der Waals surface area (Å²) in [6.07, 6.45) is 11.5. The van der Waals surface area contributed by atoms with Gasteiger partial charge in [-0.05, 0) is 59.4 Å². The van der Waals surface area contributed by atoms with Gasteiger partial charge < -0.3 is 10.6 Å². The van der Waals surface area contributed by atoms with Crippen LogP contribution in [0.2, 0.25) is 0 Å². The van der Waals surface area contributed by atoms with E-state index in [4.69, 9.17) is 11.6 Å². The Morgan fingerprint density at radius 1 is 1.32 bits per heavy atom. The molecule has 0 radical (unpaired) electrons. The van der Waals surface area contributed by atoms with Crippen molar-refractivity contribution in [1.82, 2.24) is 10.6 Å². The van der Waals surface area contributed by atoms with Gasteiger partial charge in [0.2, 0.25) is 0 Å². The Kier molecular flexibility index (Phi) is 7.64. The van der Waals surface area contributed by atoms with Crippen LogP contribution in [0.3, 0.4) is 0 Å². The molecular weight excluding hydrogens is 292 g/mol. The van der Waals surface area contributed by atoms with Gasteiger partial charge in [-0.3, -0.25) is 0 Å². The molecule has 22 heavy (non-hydrogen) atoms. The summed E-state index contributed by atoms with van der Waals surface area (Å²) in [5, 5.41) is 7.08. The van der Waals surface area contributed by atoms with Gasteiger partial charge in [-0.25, -0.2) is 0 Å². The third kappa shape index (κ3) is 6.44. The normalized spacial score (nSPS) is 21.7. The van der Waals surface area contributed by atoms with Gasteiger partial charge in [0, 0.05) is 23.5 Å². The first-order chi connectivity index (χ1) is 10.2. The first-order valence-corrected chi connectivity index (χ1v) is 9.01. The smallest absolute Gasteiger partial charge is 0.0495 e. The summed E-state index contributed by atoms with van der Waals surface area (Å²) in [6.45, 7) is 12.0. The van der Waals surface area contributed by atoms with Gasteiger partial charge in [0.1, 0.15) is 0 Å². The molecule has 0 spiro atoms. The fourth-order valence-electron chi connectivity index (χ4n) is 3.19. The Labute approximate surface area is 142 Å². The zero-order valence-corrected chi connectivity index (χ0v) is 16.1. The van der Waals surface area contributed by atoms with Crippen LogP contribution in [0.1, 0.15) is 60.3 Å². The molecule has 1 aliphatic rings. The molecule has 0 aliphatic heterocycles. The number of hydrogen-bond acceptors (Lipinski definition) is 2. The topological polar surface area (TPSA) is 24.1 Å². The molecule has 0 heterocycles. The van der Waals surface area contributed by atoms with E-state index in [2.05, 4.69) is 70.5 Å². The third-order valence-electron chi connectivity index (χ3n) is 4.68. The zero-order chi connectivity index (χ0) is 16.8. The van der Waals surface area contributed by atoms with Gasteiger partial charge in [-0.2, -0.15) is 0 Å². The minimum Gasteiger partial charge on any atom is -0.313 e. The number of hydrogen-bond donors (Lipinski definition) is 2. The number of rotatable bonds is 8. The average Bonchev–Trinajstić information content (AvgIpc) is 2.39. The Morgan fingerprint density at radius 2 is 1.95 bits per heavy atom. The summed E-state index contributed by atoms with van der Waals surface area (Å²) in [7, 11) is 2.07. The zero-order valence-electron chi connectivity index (χ0n) is 15.3. The maximum Gasteiger partial charge on any atom is 0.0495 e. The Hall–Kier alpha value is -0.310. The van der Waals surface area contributed by atoms with Crippen molar-refractivity contribution in [1.29, 1.82) is 0 Å². The molecule has 0 aromatic rings. The molecule has 3 heteroatoms. The predicted octanol–water partition coefficient (Wildman–Crippen LogP) is 4.65. The minimum absolute atomic E-state index is 0.131. The molecular formula is C19H35ClN2. The molecule has 1 rings (SSSR count). The van der Waals surface area contributed by atoms with E-state index < -0.39 is 0 Å². The van der Waals surface area contributed by atoms with Crippen LogP contribution in [0, 0.1) is 5.41 Å². The van der Waals surface area contributed by atoms with Crippen LogP contribution in [-0.2, 0) is 0 Å². The highest BCUT2D eigenvalue weighted by Crippen LogP contribution is 2.45. The minimum atomic E-state index is 0.131. The molecule has 0 aromatic heterocycles. The van der Waals surface area contributed by atoms with Gasteiger partial charge in [-0.1, -0.05) is 37.1 Å². The number of alkyl halides is 1. The lowest BCUT2D eigenvalue weighted by Gasteiger charge is -2.45. The Balaban J connectivity index is 2.42. The van der Waals surface area contributed by atoms with Crippen molar-refractivity contribution in [2.45, 2.75) is 77.3 Å². The van der Waals surface area contributed by atoms with Crippen molar-refractivity contribution >= 4 is 11.6 Å². The summed E-state index contributed by atoms with van der Waals surface area (Å²) in [4.78, 5) is 0. The van der Waals surface area contributed by atoms with Crippen LogP contribution in [0.5, 0.6) is 0 Å². The lowest BCUT2D eigenvalue weighted by molar-refractivity contribution is 0.120. The summed E-state index contributed by atoms with van der Waals surface area (Å²) >= 11 is 6.35. The van der Waals surface area contributed by atoms with Crippen molar-refractivity contribution < 1.29 is 0 Å². The van der Waals surface area contributed by atoms with E-state index in [0.29, 0.717) is 11.5 Å². The van der Waals surface area contributed by atoms with Crippen LogP contribution < -0.4 is 10.6 Å². The lowest BCUT2D eigenvalue weighted by Crippen LogP contribution is -2.46. The largest absolute Gasteiger partial charge is 0.313 e. The predicted molar refractivity (Wildman–Crippen MR) is 99.7 cm³/mol. The van der Waals surface area contributed by atoms with Crippen molar-refractivity contribution in [3.8, 4) is 0 Å². The molecule has 1 saturated carbocycles. The SMILES string of the molecule is CNC(/C(C)=C/C=C\CC(Cl)CNC(C)(C)C)C1(C)CCC1. The van der Waals surface area contributed by atoms with E-state index in [1.807, 2.05) is 0 Å². The summed E-state index contributed by atoms with van der Waals surface area (Å²) < 4.78 is 0. The van der Waals surface area contributed by atoms with Crippen LogP contribution in [-0.4, -0.2) is 30.6 Å². The van der Waals surface area contributed by atoms with E-state index in [1.165, 1.54) is 24.8 Å². The summed E-state index contributed by atoms with van der Waals surface area (Å²) in [5.41, 5.74) is 1.99. The van der Waals surface area contributed by atoms with Crippen molar-refractivity contribution in [2.75, 3.05) is 13.6 Å². The first kappa shape index (κ1) is 19.7. The van der Waals surface area contributed by atoms with Crippen molar-refractivity contribution in [3.63, 3.8) is 0 Å². The molecule has 0 aromatic carbocycles. The van der Waals surface area contributed by atoms with Crippen LogP contribution in [0.4, 0.5) is 0 Å². The van der Waals surface area contributed by atoms with E-state index in [1.54, 1.807) is 0 Å². The van der Waals surface area contributed by atoms with Gasteiger partial charge in [-0.15, -0.1) is 11.6 Å². The number of halogens is 1. The second-order valence-electron chi connectivity index (χ2n) is 8.03. The van der Waals surface area contributed by atoms with Gasteiger partial charge in [0.25, 0.3) is 0 Å². The molecule has 1 aliphatic carbocycles.